The Morgan fingerprint density at radius 3 is 1.42 bits per heavy atom. The van der Waals surface area contributed by atoms with Gasteiger partial charge in [-0.05, 0) is 89.0 Å². The van der Waals surface area contributed by atoms with Gasteiger partial charge >= 0.3 is 0 Å². The molecule has 0 amide bonds. The molecule has 9 rings (SSSR count). The van der Waals surface area contributed by atoms with Crippen LogP contribution in [0.25, 0.3) is 66.1 Å². The predicted molar refractivity (Wildman–Crippen MR) is 187 cm³/mol. The summed E-state index contributed by atoms with van der Waals surface area (Å²) in [6.45, 7) is 0. The van der Waals surface area contributed by atoms with Crippen molar-refractivity contribution in [3.05, 3.63) is 164 Å². The van der Waals surface area contributed by atoms with Crippen molar-refractivity contribution in [3.8, 4) is 22.3 Å². The second-order valence-corrected chi connectivity index (χ2v) is 11.4. The van der Waals surface area contributed by atoms with E-state index in [1.807, 2.05) is 24.3 Å². The van der Waals surface area contributed by atoms with Crippen molar-refractivity contribution in [1.29, 1.82) is 0 Å². The second-order valence-electron chi connectivity index (χ2n) is 11.4. The van der Waals surface area contributed by atoms with Crippen molar-refractivity contribution in [2.75, 3.05) is 4.90 Å². The molecule has 2 heterocycles. The normalized spacial score (nSPS) is 11.6. The minimum absolute atomic E-state index is 0.794. The zero-order valence-corrected chi connectivity index (χ0v) is 24.4. The van der Waals surface area contributed by atoms with Gasteiger partial charge in [0.15, 0.2) is 11.2 Å². The summed E-state index contributed by atoms with van der Waals surface area (Å²) in [5, 5.41) is 4.33. The van der Waals surface area contributed by atoms with E-state index < -0.39 is 0 Å². The molecule has 3 heteroatoms. The summed E-state index contributed by atoms with van der Waals surface area (Å²) in [5.41, 5.74) is 11.3. The van der Waals surface area contributed by atoms with E-state index in [0.29, 0.717) is 0 Å². The molecule has 0 fully saturated rings. The first-order valence-corrected chi connectivity index (χ1v) is 15.2. The molecule has 2 aromatic heterocycles. The average molecular weight is 578 g/mol. The number of fused-ring (bicyclic) bond motifs is 7. The Morgan fingerprint density at radius 2 is 0.756 bits per heavy atom. The minimum Gasteiger partial charge on any atom is -0.452 e. The van der Waals surface area contributed by atoms with Gasteiger partial charge < -0.3 is 13.7 Å². The lowest BCUT2D eigenvalue weighted by Crippen LogP contribution is -2.09. The Labute approximate surface area is 260 Å². The molecule has 0 aliphatic rings. The Hall–Kier alpha value is -6.06. The summed E-state index contributed by atoms with van der Waals surface area (Å²) in [4.78, 5) is 2.29. The van der Waals surface area contributed by atoms with Gasteiger partial charge in [0.1, 0.15) is 11.2 Å². The van der Waals surface area contributed by atoms with Gasteiger partial charge in [0.2, 0.25) is 0 Å². The third-order valence-electron chi connectivity index (χ3n) is 8.69. The molecule has 45 heavy (non-hydrogen) atoms. The van der Waals surface area contributed by atoms with Crippen LogP contribution < -0.4 is 4.90 Å². The van der Waals surface area contributed by atoms with Gasteiger partial charge in [-0.1, -0.05) is 97.1 Å². The van der Waals surface area contributed by atoms with Gasteiger partial charge in [0.25, 0.3) is 0 Å². The number of hydrogen-bond acceptors (Lipinski definition) is 3. The lowest BCUT2D eigenvalue weighted by molar-refractivity contribution is 0.633. The van der Waals surface area contributed by atoms with Crippen LogP contribution in [0.15, 0.2) is 173 Å². The standard InChI is InChI=1S/C42H27NO2/c1-3-9-28(10-4-1)29-15-20-33(21-16-29)43(32-11-5-2-6-12-32)34-22-17-30(18-23-34)31-19-24-36-38-26-25-37-35-13-7-8-14-39(35)44-41(37)42(38)45-40(36)27-31/h1-27H. The molecule has 212 valence electrons. The number of rotatable bonds is 5. The number of hydrogen-bond donors (Lipinski definition) is 0. The van der Waals surface area contributed by atoms with Crippen LogP contribution in [0.5, 0.6) is 0 Å². The number of para-hydroxylation sites is 2. The third kappa shape index (κ3) is 4.29. The summed E-state index contributed by atoms with van der Waals surface area (Å²) in [7, 11) is 0. The van der Waals surface area contributed by atoms with E-state index in [9.17, 15) is 0 Å². The Bertz CT molecular complexity index is 2450. The fourth-order valence-electron chi connectivity index (χ4n) is 6.46. The van der Waals surface area contributed by atoms with Crippen molar-refractivity contribution in [3.63, 3.8) is 0 Å². The Balaban J connectivity index is 1.09. The van der Waals surface area contributed by atoms with E-state index in [0.717, 1.165) is 72.1 Å². The Morgan fingerprint density at radius 1 is 0.311 bits per heavy atom. The topological polar surface area (TPSA) is 29.5 Å². The summed E-state index contributed by atoms with van der Waals surface area (Å²) in [5.74, 6) is 0. The zero-order valence-electron chi connectivity index (χ0n) is 24.4. The molecular weight excluding hydrogens is 550 g/mol. The fourth-order valence-corrected chi connectivity index (χ4v) is 6.46. The first-order chi connectivity index (χ1) is 22.3. The molecule has 0 atom stereocenters. The number of benzene rings is 7. The van der Waals surface area contributed by atoms with Gasteiger partial charge in [-0.2, -0.15) is 0 Å². The molecule has 0 radical (unpaired) electrons. The van der Waals surface area contributed by atoms with Crippen molar-refractivity contribution in [2.45, 2.75) is 0 Å². The highest BCUT2D eigenvalue weighted by atomic mass is 16.4. The SMILES string of the molecule is c1ccc(-c2ccc(N(c3ccccc3)c3ccc(-c4ccc5c(c4)oc4c5ccc5c6ccccc6oc54)cc3)cc2)cc1. The van der Waals surface area contributed by atoms with Gasteiger partial charge in [0, 0.05) is 38.6 Å². The Kier molecular flexibility index (Phi) is 5.82. The smallest absolute Gasteiger partial charge is 0.178 e. The first kappa shape index (κ1) is 25.4. The molecule has 3 nitrogen and oxygen atoms in total. The van der Waals surface area contributed by atoms with Crippen molar-refractivity contribution in [2.24, 2.45) is 0 Å². The quantitative estimate of drug-likeness (QED) is 0.204. The molecule has 0 saturated heterocycles. The van der Waals surface area contributed by atoms with E-state index in [1.165, 1.54) is 11.1 Å². The van der Waals surface area contributed by atoms with Crippen molar-refractivity contribution < 1.29 is 8.83 Å². The van der Waals surface area contributed by atoms with Crippen LogP contribution in [0, 0.1) is 0 Å². The monoisotopic (exact) mass is 577 g/mol. The summed E-state index contributed by atoms with van der Waals surface area (Å²) in [6, 6.07) is 57.4. The van der Waals surface area contributed by atoms with Crippen LogP contribution in [0.3, 0.4) is 0 Å². The van der Waals surface area contributed by atoms with Crippen LogP contribution in [-0.4, -0.2) is 0 Å². The van der Waals surface area contributed by atoms with Crippen LogP contribution in [-0.2, 0) is 0 Å². The van der Waals surface area contributed by atoms with E-state index in [-0.39, 0.29) is 0 Å². The summed E-state index contributed by atoms with van der Waals surface area (Å²) in [6.07, 6.45) is 0. The first-order valence-electron chi connectivity index (χ1n) is 15.2. The maximum atomic E-state index is 6.47. The molecule has 0 aliphatic heterocycles. The van der Waals surface area contributed by atoms with Crippen LogP contribution in [0.4, 0.5) is 17.1 Å². The minimum atomic E-state index is 0.794. The summed E-state index contributed by atoms with van der Waals surface area (Å²) >= 11 is 0. The molecular formula is C42H27NO2. The second kappa shape index (κ2) is 10.3. The molecule has 0 saturated carbocycles. The maximum absolute atomic E-state index is 6.47. The number of furan rings is 2. The molecule has 9 aromatic rings. The molecule has 0 unspecified atom stereocenters. The fraction of sp³-hybridized carbons (Fsp3) is 0. The average Bonchev–Trinajstić information content (AvgIpc) is 3.68. The zero-order chi connectivity index (χ0) is 29.7. The van der Waals surface area contributed by atoms with Crippen LogP contribution in [0.1, 0.15) is 0 Å². The lowest BCUT2D eigenvalue weighted by Gasteiger charge is -2.26. The van der Waals surface area contributed by atoms with Gasteiger partial charge in [-0.15, -0.1) is 0 Å². The van der Waals surface area contributed by atoms with Gasteiger partial charge in [0.05, 0.1) is 0 Å². The van der Waals surface area contributed by atoms with E-state index >= 15 is 0 Å². The number of nitrogens with zero attached hydrogens (tertiary/aromatic N) is 1. The largest absolute Gasteiger partial charge is 0.452 e. The third-order valence-corrected chi connectivity index (χ3v) is 8.69. The van der Waals surface area contributed by atoms with Crippen molar-refractivity contribution in [1.82, 2.24) is 0 Å². The highest BCUT2D eigenvalue weighted by Gasteiger charge is 2.17. The number of anilines is 3. The van der Waals surface area contributed by atoms with Gasteiger partial charge in [-0.3, -0.25) is 0 Å². The molecule has 0 bridgehead atoms. The van der Waals surface area contributed by atoms with Crippen LogP contribution >= 0.6 is 0 Å². The lowest BCUT2D eigenvalue weighted by atomic mass is 10.0. The van der Waals surface area contributed by atoms with Crippen LogP contribution in [0.2, 0.25) is 0 Å². The highest BCUT2D eigenvalue weighted by Crippen LogP contribution is 2.40. The van der Waals surface area contributed by atoms with Crippen molar-refractivity contribution >= 4 is 60.9 Å². The van der Waals surface area contributed by atoms with Gasteiger partial charge in [-0.25, -0.2) is 0 Å². The summed E-state index contributed by atoms with van der Waals surface area (Å²) < 4.78 is 12.7. The molecule has 0 N–H and O–H groups in total. The molecule has 0 aliphatic carbocycles. The highest BCUT2D eigenvalue weighted by molar-refractivity contribution is 6.19. The predicted octanol–water partition coefficient (Wildman–Crippen LogP) is 12.3. The van der Waals surface area contributed by atoms with E-state index in [4.69, 9.17) is 8.83 Å². The van der Waals surface area contributed by atoms with E-state index in [2.05, 4.69) is 144 Å². The van der Waals surface area contributed by atoms with E-state index in [1.54, 1.807) is 0 Å². The molecule has 7 aromatic carbocycles. The maximum Gasteiger partial charge on any atom is 0.178 e. The molecule has 0 spiro atoms.